The minimum Gasteiger partial charge on any atom is -0.308 e. The number of aryl methyl sites for hydroxylation is 1. The molecule has 19 heavy (non-hydrogen) atoms. The van der Waals surface area contributed by atoms with Gasteiger partial charge in [0.05, 0.1) is 5.56 Å². The average molecular weight is 285 g/mol. The summed E-state index contributed by atoms with van der Waals surface area (Å²) in [5.74, 6) is 0. The largest absolute Gasteiger partial charge is 0.416 e. The summed E-state index contributed by atoms with van der Waals surface area (Å²) in [5.41, 5.74) is 0.0434. The van der Waals surface area contributed by atoms with Gasteiger partial charge in [-0.05, 0) is 30.7 Å². The van der Waals surface area contributed by atoms with Crippen LogP contribution in [0, 0.1) is 6.92 Å². The number of halogens is 3. The molecule has 1 nitrogen and oxygen atoms in total. The van der Waals surface area contributed by atoms with E-state index in [0.717, 1.165) is 6.07 Å². The van der Waals surface area contributed by atoms with Crippen molar-refractivity contribution < 1.29 is 13.2 Å². The number of benzene rings is 1. The lowest BCUT2D eigenvalue weighted by Crippen LogP contribution is -2.13. The number of thiophene rings is 1. The summed E-state index contributed by atoms with van der Waals surface area (Å²) in [6.45, 7) is 3.14. The first-order valence-corrected chi connectivity index (χ1v) is 6.69. The maximum absolute atomic E-state index is 12.5. The topological polar surface area (TPSA) is 12.0 Å². The van der Waals surface area contributed by atoms with Crippen LogP contribution in [0.1, 0.15) is 20.9 Å². The molecule has 5 heteroatoms. The SMILES string of the molecule is Cc1ccc(CNCc2cccc(C(F)(F)F)c2)s1. The smallest absolute Gasteiger partial charge is 0.308 e. The average Bonchev–Trinajstić information content (AvgIpc) is 2.74. The zero-order valence-corrected chi connectivity index (χ0v) is 11.2. The van der Waals surface area contributed by atoms with Crippen molar-refractivity contribution >= 4 is 11.3 Å². The van der Waals surface area contributed by atoms with Crippen molar-refractivity contribution in [2.75, 3.05) is 0 Å². The van der Waals surface area contributed by atoms with Crippen LogP contribution in [0.3, 0.4) is 0 Å². The van der Waals surface area contributed by atoms with E-state index in [4.69, 9.17) is 0 Å². The van der Waals surface area contributed by atoms with Crippen LogP contribution in [0.25, 0.3) is 0 Å². The van der Waals surface area contributed by atoms with Crippen LogP contribution in [0.15, 0.2) is 36.4 Å². The van der Waals surface area contributed by atoms with Gasteiger partial charge < -0.3 is 5.32 Å². The van der Waals surface area contributed by atoms with Crippen LogP contribution >= 0.6 is 11.3 Å². The Bertz CT molecular complexity index is 546. The molecule has 0 aliphatic heterocycles. The standard InChI is InChI=1S/C14H14F3NS/c1-10-5-6-13(19-10)9-18-8-11-3-2-4-12(7-11)14(15,16)17/h2-7,18H,8-9H2,1H3. The number of nitrogens with one attached hydrogen (secondary N) is 1. The molecule has 0 aliphatic rings. The van der Waals surface area contributed by atoms with Crippen molar-refractivity contribution in [3.63, 3.8) is 0 Å². The zero-order chi connectivity index (χ0) is 13.9. The van der Waals surface area contributed by atoms with E-state index >= 15 is 0 Å². The molecule has 0 unspecified atom stereocenters. The molecule has 1 aromatic carbocycles. The van der Waals surface area contributed by atoms with Gasteiger partial charge in [-0.1, -0.05) is 18.2 Å². The molecule has 0 saturated carbocycles. The van der Waals surface area contributed by atoms with Gasteiger partial charge >= 0.3 is 6.18 Å². The van der Waals surface area contributed by atoms with Gasteiger partial charge in [-0.3, -0.25) is 0 Å². The van der Waals surface area contributed by atoms with Gasteiger partial charge in [-0.15, -0.1) is 11.3 Å². The van der Waals surface area contributed by atoms with Crippen LogP contribution in [-0.4, -0.2) is 0 Å². The maximum Gasteiger partial charge on any atom is 0.416 e. The van der Waals surface area contributed by atoms with Crippen molar-refractivity contribution in [3.8, 4) is 0 Å². The fourth-order valence-corrected chi connectivity index (χ4v) is 2.63. The highest BCUT2D eigenvalue weighted by atomic mass is 32.1. The van der Waals surface area contributed by atoms with E-state index in [1.807, 2.05) is 19.1 Å². The molecule has 0 radical (unpaired) electrons. The van der Waals surface area contributed by atoms with Gasteiger partial charge in [0.2, 0.25) is 0 Å². The summed E-state index contributed by atoms with van der Waals surface area (Å²) in [6.07, 6.45) is -4.28. The van der Waals surface area contributed by atoms with Crippen molar-refractivity contribution in [1.82, 2.24) is 5.32 Å². The van der Waals surface area contributed by atoms with E-state index in [1.165, 1.54) is 21.9 Å². The highest BCUT2D eigenvalue weighted by Crippen LogP contribution is 2.29. The highest BCUT2D eigenvalue weighted by Gasteiger charge is 2.30. The Hall–Kier alpha value is -1.33. The third-order valence-corrected chi connectivity index (χ3v) is 3.68. The Morgan fingerprint density at radius 1 is 1.11 bits per heavy atom. The molecule has 0 fully saturated rings. The minimum atomic E-state index is -4.28. The summed E-state index contributed by atoms with van der Waals surface area (Å²) in [5, 5.41) is 3.15. The molecular weight excluding hydrogens is 271 g/mol. The first kappa shape index (κ1) is 14.1. The third kappa shape index (κ3) is 4.08. The molecule has 0 amide bonds. The van der Waals surface area contributed by atoms with E-state index < -0.39 is 11.7 Å². The van der Waals surface area contributed by atoms with Crippen molar-refractivity contribution in [2.45, 2.75) is 26.2 Å². The molecule has 2 rings (SSSR count). The molecule has 102 valence electrons. The van der Waals surface area contributed by atoms with Gasteiger partial charge in [0, 0.05) is 22.8 Å². The van der Waals surface area contributed by atoms with E-state index in [2.05, 4.69) is 5.32 Å². The lowest BCUT2D eigenvalue weighted by molar-refractivity contribution is -0.137. The molecule has 0 atom stereocenters. The van der Waals surface area contributed by atoms with Crippen molar-refractivity contribution in [3.05, 3.63) is 57.3 Å². The van der Waals surface area contributed by atoms with Crippen LogP contribution in [0.2, 0.25) is 0 Å². The summed E-state index contributed by atoms with van der Waals surface area (Å²) < 4.78 is 37.6. The van der Waals surface area contributed by atoms with E-state index in [-0.39, 0.29) is 0 Å². The predicted molar refractivity (Wildman–Crippen MR) is 71.0 cm³/mol. The Morgan fingerprint density at radius 3 is 2.53 bits per heavy atom. The van der Waals surface area contributed by atoms with Gasteiger partial charge in [0.15, 0.2) is 0 Å². The molecule has 1 N–H and O–H groups in total. The number of hydrogen-bond donors (Lipinski definition) is 1. The highest BCUT2D eigenvalue weighted by molar-refractivity contribution is 7.11. The normalized spacial score (nSPS) is 11.8. The zero-order valence-electron chi connectivity index (χ0n) is 10.4. The molecule has 0 saturated heterocycles. The number of rotatable bonds is 4. The van der Waals surface area contributed by atoms with Crippen molar-refractivity contribution in [1.29, 1.82) is 0 Å². The molecular formula is C14H14F3NS. The molecule has 0 spiro atoms. The van der Waals surface area contributed by atoms with Gasteiger partial charge in [-0.25, -0.2) is 0 Å². The second kappa shape index (κ2) is 5.75. The molecule has 2 aromatic rings. The molecule has 1 aromatic heterocycles. The Kier molecular flexibility index (Phi) is 4.27. The summed E-state index contributed by atoms with van der Waals surface area (Å²) in [4.78, 5) is 2.42. The molecule has 0 aliphatic carbocycles. The Balaban J connectivity index is 1.93. The summed E-state index contributed by atoms with van der Waals surface area (Å²) >= 11 is 1.69. The van der Waals surface area contributed by atoms with Crippen LogP contribution in [0.5, 0.6) is 0 Å². The first-order valence-electron chi connectivity index (χ1n) is 5.87. The minimum absolute atomic E-state index is 0.431. The van der Waals surface area contributed by atoms with E-state index in [9.17, 15) is 13.2 Å². The fraction of sp³-hybridized carbons (Fsp3) is 0.286. The lowest BCUT2D eigenvalue weighted by atomic mass is 10.1. The monoisotopic (exact) mass is 285 g/mol. The van der Waals surface area contributed by atoms with E-state index in [0.29, 0.717) is 18.7 Å². The maximum atomic E-state index is 12.5. The second-order valence-corrected chi connectivity index (χ2v) is 5.69. The predicted octanol–water partition coefficient (Wildman–Crippen LogP) is 4.37. The molecule has 1 heterocycles. The number of hydrogen-bond acceptors (Lipinski definition) is 2. The van der Waals surface area contributed by atoms with Gasteiger partial charge in [-0.2, -0.15) is 13.2 Å². The fourth-order valence-electron chi connectivity index (χ4n) is 1.77. The second-order valence-electron chi connectivity index (χ2n) is 4.31. The van der Waals surface area contributed by atoms with Gasteiger partial charge in [0.1, 0.15) is 0 Å². The van der Waals surface area contributed by atoms with Crippen LogP contribution in [0.4, 0.5) is 13.2 Å². The van der Waals surface area contributed by atoms with Crippen LogP contribution in [-0.2, 0) is 19.3 Å². The lowest BCUT2D eigenvalue weighted by Gasteiger charge is -2.09. The quantitative estimate of drug-likeness (QED) is 0.880. The molecule has 0 bridgehead atoms. The van der Waals surface area contributed by atoms with Crippen LogP contribution < -0.4 is 5.32 Å². The number of alkyl halides is 3. The Labute approximate surface area is 114 Å². The third-order valence-electron chi connectivity index (χ3n) is 2.68. The van der Waals surface area contributed by atoms with Crippen molar-refractivity contribution in [2.24, 2.45) is 0 Å². The van der Waals surface area contributed by atoms with Gasteiger partial charge in [0.25, 0.3) is 0 Å². The first-order chi connectivity index (χ1) is 8.95. The summed E-state index contributed by atoms with van der Waals surface area (Å²) in [7, 11) is 0. The van der Waals surface area contributed by atoms with E-state index in [1.54, 1.807) is 17.4 Å². The Morgan fingerprint density at radius 2 is 1.89 bits per heavy atom. The summed E-state index contributed by atoms with van der Waals surface area (Å²) in [6, 6.07) is 9.47.